The molecular weight excluding hydrogens is 404 g/mol. The minimum Gasteiger partial charge on any atom is -0.462 e. The highest BCUT2D eigenvalue weighted by Gasteiger charge is 2.22. The molecule has 0 bridgehead atoms. The van der Waals surface area contributed by atoms with Gasteiger partial charge in [0, 0.05) is 18.4 Å². The fourth-order valence-electron chi connectivity index (χ4n) is 3.26. The van der Waals surface area contributed by atoms with Gasteiger partial charge in [-0.25, -0.2) is 4.79 Å². The number of anilines is 2. The summed E-state index contributed by atoms with van der Waals surface area (Å²) in [5.41, 5.74) is 2.45. The van der Waals surface area contributed by atoms with E-state index >= 15 is 0 Å². The van der Waals surface area contributed by atoms with E-state index in [2.05, 4.69) is 0 Å². The van der Waals surface area contributed by atoms with Gasteiger partial charge in [-0.3, -0.25) is 9.59 Å². The zero-order chi connectivity index (χ0) is 22.9. The van der Waals surface area contributed by atoms with Crippen molar-refractivity contribution >= 4 is 29.2 Å². The molecule has 0 radical (unpaired) electrons. The first-order valence-corrected chi connectivity index (χ1v) is 10.4. The molecule has 2 amide bonds. The molecule has 0 aliphatic heterocycles. The van der Waals surface area contributed by atoms with E-state index < -0.39 is 5.97 Å². The fraction of sp³-hybridized carbons (Fsp3) is 0.192. The fourth-order valence-corrected chi connectivity index (χ4v) is 3.26. The Kier molecular flexibility index (Phi) is 7.75. The van der Waals surface area contributed by atoms with Crippen molar-refractivity contribution in [1.82, 2.24) is 0 Å². The smallest absolute Gasteiger partial charge is 0.338 e. The van der Waals surface area contributed by atoms with Crippen LogP contribution in [0.15, 0.2) is 84.9 Å². The number of rotatable bonds is 8. The van der Waals surface area contributed by atoms with Gasteiger partial charge in [0.25, 0.3) is 0 Å². The van der Waals surface area contributed by atoms with Crippen LogP contribution >= 0.6 is 0 Å². The average molecular weight is 431 g/mol. The van der Waals surface area contributed by atoms with Gasteiger partial charge in [-0.15, -0.1) is 0 Å². The highest BCUT2D eigenvalue weighted by Crippen LogP contribution is 2.18. The Hall–Kier alpha value is -3.93. The van der Waals surface area contributed by atoms with Crippen LogP contribution in [0.25, 0.3) is 0 Å². The SMILES string of the molecule is CCOC(=O)c1cccc(CC(=O)N(CC(=O)N(C)c2ccccc2)c2ccccc2)c1. The molecule has 0 aliphatic carbocycles. The zero-order valence-corrected chi connectivity index (χ0v) is 18.2. The Labute approximate surface area is 188 Å². The van der Waals surface area contributed by atoms with E-state index in [-0.39, 0.29) is 31.4 Å². The van der Waals surface area contributed by atoms with Gasteiger partial charge in [-0.2, -0.15) is 0 Å². The second-order valence-corrected chi connectivity index (χ2v) is 7.20. The molecule has 0 saturated heterocycles. The number of benzene rings is 3. The first-order chi connectivity index (χ1) is 15.5. The Morgan fingerprint density at radius 1 is 0.781 bits per heavy atom. The number of carbonyl (C=O) groups is 3. The molecule has 0 atom stereocenters. The summed E-state index contributed by atoms with van der Waals surface area (Å²) >= 11 is 0. The van der Waals surface area contributed by atoms with Crippen molar-refractivity contribution in [2.24, 2.45) is 0 Å². The van der Waals surface area contributed by atoms with Crippen LogP contribution in [0.2, 0.25) is 0 Å². The molecule has 0 fully saturated rings. The second-order valence-electron chi connectivity index (χ2n) is 7.20. The molecule has 0 heterocycles. The van der Waals surface area contributed by atoms with Crippen molar-refractivity contribution in [3.05, 3.63) is 96.1 Å². The van der Waals surface area contributed by atoms with E-state index in [1.54, 1.807) is 50.4 Å². The molecule has 32 heavy (non-hydrogen) atoms. The molecule has 0 saturated carbocycles. The highest BCUT2D eigenvalue weighted by molar-refractivity contribution is 6.04. The van der Waals surface area contributed by atoms with Crippen LogP contribution in [0.3, 0.4) is 0 Å². The monoisotopic (exact) mass is 430 g/mol. The van der Waals surface area contributed by atoms with E-state index in [9.17, 15) is 14.4 Å². The Morgan fingerprint density at radius 3 is 2.03 bits per heavy atom. The maximum atomic E-state index is 13.3. The number of esters is 1. The first-order valence-electron chi connectivity index (χ1n) is 10.4. The summed E-state index contributed by atoms with van der Waals surface area (Å²) in [6.07, 6.45) is 0.0461. The summed E-state index contributed by atoms with van der Waals surface area (Å²) in [5, 5.41) is 0. The van der Waals surface area contributed by atoms with Gasteiger partial charge in [0.05, 0.1) is 18.6 Å². The maximum Gasteiger partial charge on any atom is 0.338 e. The Bertz CT molecular complexity index is 1070. The van der Waals surface area contributed by atoms with Crippen molar-refractivity contribution < 1.29 is 19.1 Å². The normalized spacial score (nSPS) is 10.3. The molecule has 3 rings (SSSR count). The third kappa shape index (κ3) is 5.82. The van der Waals surface area contributed by atoms with Crippen LogP contribution in [0.4, 0.5) is 11.4 Å². The summed E-state index contributed by atoms with van der Waals surface area (Å²) in [5.74, 6) is -0.887. The van der Waals surface area contributed by atoms with Gasteiger partial charge in [-0.05, 0) is 48.9 Å². The van der Waals surface area contributed by atoms with Crippen molar-refractivity contribution in [2.75, 3.05) is 30.0 Å². The van der Waals surface area contributed by atoms with Crippen LogP contribution in [0, 0.1) is 0 Å². The van der Waals surface area contributed by atoms with Gasteiger partial charge < -0.3 is 14.5 Å². The molecule has 0 aromatic heterocycles. The number of amides is 2. The van der Waals surface area contributed by atoms with Crippen LogP contribution in [-0.2, 0) is 20.7 Å². The predicted octanol–water partition coefficient (Wildman–Crippen LogP) is 4.10. The van der Waals surface area contributed by atoms with Crippen LogP contribution in [0.5, 0.6) is 0 Å². The van der Waals surface area contributed by atoms with Gasteiger partial charge in [0.1, 0.15) is 6.54 Å². The summed E-state index contributed by atoms with van der Waals surface area (Å²) in [6, 6.07) is 25.2. The predicted molar refractivity (Wildman–Crippen MR) is 125 cm³/mol. The molecule has 164 valence electrons. The average Bonchev–Trinajstić information content (AvgIpc) is 2.83. The number of carbonyl (C=O) groups excluding carboxylic acids is 3. The van der Waals surface area contributed by atoms with E-state index in [4.69, 9.17) is 4.74 Å². The minimum atomic E-state index is -0.429. The summed E-state index contributed by atoms with van der Waals surface area (Å²) < 4.78 is 5.04. The number of ether oxygens (including phenoxy) is 1. The highest BCUT2D eigenvalue weighted by atomic mass is 16.5. The van der Waals surface area contributed by atoms with Crippen LogP contribution in [0.1, 0.15) is 22.8 Å². The summed E-state index contributed by atoms with van der Waals surface area (Å²) in [4.78, 5) is 41.3. The molecule has 3 aromatic carbocycles. The van der Waals surface area contributed by atoms with E-state index in [0.717, 1.165) is 5.69 Å². The van der Waals surface area contributed by atoms with Crippen molar-refractivity contribution in [2.45, 2.75) is 13.3 Å². The molecule has 6 nitrogen and oxygen atoms in total. The topological polar surface area (TPSA) is 66.9 Å². The summed E-state index contributed by atoms with van der Waals surface area (Å²) in [7, 11) is 1.69. The first kappa shape index (κ1) is 22.7. The van der Waals surface area contributed by atoms with Crippen LogP contribution in [-0.4, -0.2) is 38.0 Å². The number of hydrogen-bond acceptors (Lipinski definition) is 4. The lowest BCUT2D eigenvalue weighted by Crippen LogP contribution is -2.42. The zero-order valence-electron chi connectivity index (χ0n) is 18.2. The number of likely N-dealkylation sites (N-methyl/N-ethyl adjacent to an activating group) is 1. The van der Waals surface area contributed by atoms with E-state index in [1.807, 2.05) is 48.5 Å². The lowest BCUT2D eigenvalue weighted by Gasteiger charge is -2.26. The minimum absolute atomic E-state index is 0.0461. The number of nitrogens with zero attached hydrogens (tertiary/aromatic N) is 2. The second kappa shape index (κ2) is 10.9. The molecule has 0 aliphatic rings. The third-order valence-corrected chi connectivity index (χ3v) is 4.97. The quantitative estimate of drug-likeness (QED) is 0.505. The molecule has 6 heteroatoms. The van der Waals surface area contributed by atoms with Gasteiger partial charge in [-0.1, -0.05) is 48.5 Å². The molecule has 0 spiro atoms. The van der Waals surface area contributed by atoms with Crippen molar-refractivity contribution in [3.63, 3.8) is 0 Å². The molecule has 0 N–H and O–H groups in total. The van der Waals surface area contributed by atoms with Crippen LogP contribution < -0.4 is 9.80 Å². The van der Waals surface area contributed by atoms with E-state index in [1.165, 1.54) is 9.80 Å². The Balaban J connectivity index is 1.80. The Morgan fingerprint density at radius 2 is 1.41 bits per heavy atom. The van der Waals surface area contributed by atoms with Gasteiger partial charge in [0.2, 0.25) is 11.8 Å². The summed E-state index contributed by atoms with van der Waals surface area (Å²) in [6.45, 7) is 1.92. The maximum absolute atomic E-state index is 13.3. The van der Waals surface area contributed by atoms with Crippen molar-refractivity contribution in [1.29, 1.82) is 0 Å². The van der Waals surface area contributed by atoms with E-state index in [0.29, 0.717) is 16.8 Å². The number of hydrogen-bond donors (Lipinski definition) is 0. The molecule has 3 aromatic rings. The standard InChI is InChI=1S/C26H26N2O4/c1-3-32-26(31)21-12-10-11-20(17-21)18-24(29)28(23-15-8-5-9-16-23)19-25(30)27(2)22-13-6-4-7-14-22/h4-17H,3,18-19H2,1-2H3. The largest absolute Gasteiger partial charge is 0.462 e. The molecule has 0 unspecified atom stereocenters. The lowest BCUT2D eigenvalue weighted by molar-refractivity contribution is -0.122. The number of para-hydroxylation sites is 2. The van der Waals surface area contributed by atoms with Gasteiger partial charge in [0.15, 0.2) is 0 Å². The third-order valence-electron chi connectivity index (χ3n) is 4.97. The van der Waals surface area contributed by atoms with Crippen molar-refractivity contribution in [3.8, 4) is 0 Å². The van der Waals surface area contributed by atoms with Gasteiger partial charge >= 0.3 is 5.97 Å². The lowest BCUT2D eigenvalue weighted by atomic mass is 10.1. The molecular formula is C26H26N2O4.